The molecule has 0 aromatic heterocycles. The molecule has 10 heteroatoms. The number of ether oxygens (including phenoxy) is 1. The fourth-order valence-corrected chi connectivity index (χ4v) is 6.24. The fourth-order valence-electron chi connectivity index (χ4n) is 4.82. The van der Waals surface area contributed by atoms with Crippen molar-refractivity contribution >= 4 is 27.5 Å². The molecule has 4 aromatic rings. The number of carbonyl (C=O) groups is 2. The average molecular weight is 618 g/mol. The molecule has 0 heterocycles. The van der Waals surface area contributed by atoms with Gasteiger partial charge >= 0.3 is 0 Å². The number of benzene rings is 4. The second-order valence-corrected chi connectivity index (χ2v) is 12.1. The van der Waals surface area contributed by atoms with Crippen molar-refractivity contribution in [3.8, 4) is 5.75 Å². The Labute approximate surface area is 258 Å². The number of halogens is 1. The van der Waals surface area contributed by atoms with Crippen molar-refractivity contribution in [1.29, 1.82) is 0 Å². The Hall–Kier alpha value is -4.70. The van der Waals surface area contributed by atoms with Crippen molar-refractivity contribution in [3.63, 3.8) is 0 Å². The van der Waals surface area contributed by atoms with Crippen LogP contribution in [0.5, 0.6) is 5.75 Å². The quantitative estimate of drug-likeness (QED) is 0.225. The second-order valence-electron chi connectivity index (χ2n) is 10.2. The molecule has 44 heavy (non-hydrogen) atoms. The number of likely N-dealkylation sites (N-methyl/N-ethyl adjacent to an activating group) is 1. The number of anilines is 1. The molecule has 1 atom stereocenters. The maximum atomic E-state index is 14.4. The van der Waals surface area contributed by atoms with Gasteiger partial charge in [-0.15, -0.1) is 0 Å². The third kappa shape index (κ3) is 7.82. The van der Waals surface area contributed by atoms with Crippen LogP contribution < -0.4 is 14.4 Å². The minimum absolute atomic E-state index is 0.00328. The van der Waals surface area contributed by atoms with Gasteiger partial charge in [-0.05, 0) is 61.4 Å². The molecule has 1 unspecified atom stereocenters. The minimum atomic E-state index is -4.27. The van der Waals surface area contributed by atoms with Crippen molar-refractivity contribution in [2.75, 3.05) is 24.5 Å². The van der Waals surface area contributed by atoms with Crippen LogP contribution in [0.15, 0.2) is 108 Å². The summed E-state index contributed by atoms with van der Waals surface area (Å²) in [6.07, 6.45) is 0.180. The summed E-state index contributed by atoms with van der Waals surface area (Å²) in [6.45, 7) is 3.28. The van der Waals surface area contributed by atoms with Crippen LogP contribution in [0.1, 0.15) is 23.6 Å². The first-order valence-corrected chi connectivity index (χ1v) is 15.7. The highest BCUT2D eigenvalue weighted by Crippen LogP contribution is 2.32. The van der Waals surface area contributed by atoms with Gasteiger partial charge in [0.15, 0.2) is 0 Å². The topological polar surface area (TPSA) is 96.0 Å². The van der Waals surface area contributed by atoms with E-state index in [1.54, 1.807) is 43.3 Å². The lowest BCUT2D eigenvalue weighted by atomic mass is 10.0. The van der Waals surface area contributed by atoms with E-state index in [2.05, 4.69) is 5.32 Å². The van der Waals surface area contributed by atoms with Crippen molar-refractivity contribution in [3.05, 3.63) is 126 Å². The van der Waals surface area contributed by atoms with Gasteiger partial charge in [0.25, 0.3) is 10.0 Å². The lowest BCUT2D eigenvalue weighted by Gasteiger charge is -2.34. The summed E-state index contributed by atoms with van der Waals surface area (Å²) < 4.78 is 48.6. The summed E-state index contributed by atoms with van der Waals surface area (Å²) in [5.41, 5.74) is 2.44. The first kappa shape index (κ1) is 32.2. The van der Waals surface area contributed by atoms with E-state index in [9.17, 15) is 22.4 Å². The van der Waals surface area contributed by atoms with Gasteiger partial charge in [0.2, 0.25) is 11.8 Å². The molecule has 1 N–H and O–H groups in total. The van der Waals surface area contributed by atoms with Crippen LogP contribution in [0.2, 0.25) is 0 Å². The molecule has 0 bridgehead atoms. The van der Waals surface area contributed by atoms with Gasteiger partial charge in [0.1, 0.15) is 24.2 Å². The van der Waals surface area contributed by atoms with Crippen molar-refractivity contribution in [1.82, 2.24) is 10.2 Å². The highest BCUT2D eigenvalue weighted by molar-refractivity contribution is 7.92. The fraction of sp³-hybridized carbons (Fsp3) is 0.235. The van der Waals surface area contributed by atoms with E-state index < -0.39 is 40.2 Å². The first-order valence-electron chi connectivity index (χ1n) is 14.2. The number of hydrogen-bond acceptors (Lipinski definition) is 5. The van der Waals surface area contributed by atoms with Gasteiger partial charge in [-0.3, -0.25) is 13.9 Å². The molecule has 4 aromatic carbocycles. The number of rotatable bonds is 13. The van der Waals surface area contributed by atoms with Crippen LogP contribution in [-0.2, 0) is 32.6 Å². The predicted octanol–water partition coefficient (Wildman–Crippen LogP) is 5.11. The number of nitrogens with one attached hydrogen (secondary N) is 1. The van der Waals surface area contributed by atoms with Gasteiger partial charge in [0.05, 0.1) is 17.7 Å². The van der Waals surface area contributed by atoms with Gasteiger partial charge in [-0.25, -0.2) is 12.8 Å². The number of sulfonamides is 1. The van der Waals surface area contributed by atoms with Crippen molar-refractivity contribution in [2.24, 2.45) is 0 Å². The van der Waals surface area contributed by atoms with E-state index in [1.807, 2.05) is 37.3 Å². The number of amides is 2. The summed E-state index contributed by atoms with van der Waals surface area (Å²) >= 11 is 0. The van der Waals surface area contributed by atoms with E-state index in [1.165, 1.54) is 48.4 Å². The van der Waals surface area contributed by atoms with Crippen LogP contribution in [0.25, 0.3) is 0 Å². The average Bonchev–Trinajstić information content (AvgIpc) is 3.03. The van der Waals surface area contributed by atoms with Gasteiger partial charge in [-0.2, -0.15) is 0 Å². The number of nitrogens with zero attached hydrogens (tertiary/aromatic N) is 2. The van der Waals surface area contributed by atoms with Crippen LogP contribution >= 0.6 is 0 Å². The summed E-state index contributed by atoms with van der Waals surface area (Å²) in [5, 5.41) is 2.82. The number of methoxy groups -OCH3 is 1. The monoisotopic (exact) mass is 617 g/mol. The smallest absolute Gasteiger partial charge is 0.264 e. The maximum Gasteiger partial charge on any atom is 0.264 e. The molecule has 0 saturated heterocycles. The van der Waals surface area contributed by atoms with Crippen molar-refractivity contribution in [2.45, 2.75) is 37.8 Å². The molecule has 0 radical (unpaired) electrons. The predicted molar refractivity (Wildman–Crippen MR) is 168 cm³/mol. The lowest BCUT2D eigenvalue weighted by Crippen LogP contribution is -2.53. The Kier molecular flexibility index (Phi) is 10.7. The third-order valence-electron chi connectivity index (χ3n) is 7.13. The standard InChI is InChI=1S/C34H36FN3O5S/c1-4-36-34(40)31(22-26-10-6-5-7-11-26)37(23-27-16-18-28(35)19-17-27)33(39)24-38(30-12-8-9-13-32(30)43-3)44(41,42)29-20-14-25(2)15-21-29/h5-21,31H,4,22-24H2,1-3H3,(H,36,40). The van der Waals surface area contributed by atoms with Crippen LogP contribution in [0.4, 0.5) is 10.1 Å². The third-order valence-corrected chi connectivity index (χ3v) is 8.90. The van der Waals surface area contributed by atoms with Crippen LogP contribution in [0, 0.1) is 12.7 Å². The molecular weight excluding hydrogens is 581 g/mol. The Morgan fingerprint density at radius 1 is 0.864 bits per heavy atom. The molecule has 0 fully saturated rings. The Balaban J connectivity index is 1.82. The van der Waals surface area contributed by atoms with E-state index in [0.717, 1.165) is 15.4 Å². The molecular formula is C34H36FN3O5S. The Morgan fingerprint density at radius 2 is 1.50 bits per heavy atom. The van der Waals surface area contributed by atoms with Gasteiger partial charge in [0, 0.05) is 19.5 Å². The largest absolute Gasteiger partial charge is 0.495 e. The normalized spacial score (nSPS) is 11.8. The zero-order valence-corrected chi connectivity index (χ0v) is 25.8. The summed E-state index contributed by atoms with van der Waals surface area (Å²) in [6, 6.07) is 26.8. The number of aryl methyl sites for hydroxylation is 1. The summed E-state index contributed by atoms with van der Waals surface area (Å²) in [4.78, 5) is 29.3. The highest BCUT2D eigenvalue weighted by atomic mass is 32.2. The number of carbonyl (C=O) groups excluding carboxylic acids is 2. The molecule has 0 aliphatic rings. The zero-order chi connectivity index (χ0) is 31.7. The van der Waals surface area contributed by atoms with Crippen molar-refractivity contribution < 1.29 is 27.1 Å². The zero-order valence-electron chi connectivity index (χ0n) is 24.9. The molecule has 230 valence electrons. The number of hydrogen-bond donors (Lipinski definition) is 1. The van der Waals surface area contributed by atoms with E-state index in [0.29, 0.717) is 12.1 Å². The first-order chi connectivity index (χ1) is 21.1. The summed E-state index contributed by atoms with van der Waals surface area (Å²) in [5.74, 6) is -1.20. The Morgan fingerprint density at radius 3 is 2.14 bits per heavy atom. The molecule has 2 amide bonds. The van der Waals surface area contributed by atoms with Crippen LogP contribution in [0.3, 0.4) is 0 Å². The molecule has 0 spiro atoms. The molecule has 0 aliphatic heterocycles. The molecule has 4 rings (SSSR count). The van der Waals surface area contributed by atoms with Gasteiger partial charge in [-0.1, -0.05) is 72.3 Å². The van der Waals surface area contributed by atoms with E-state index in [-0.39, 0.29) is 29.3 Å². The SMILES string of the molecule is CCNC(=O)C(Cc1ccccc1)N(Cc1ccc(F)cc1)C(=O)CN(c1ccccc1OC)S(=O)(=O)c1ccc(C)cc1. The second kappa shape index (κ2) is 14.7. The maximum absolute atomic E-state index is 14.4. The molecule has 0 saturated carbocycles. The molecule has 8 nitrogen and oxygen atoms in total. The van der Waals surface area contributed by atoms with Crippen LogP contribution in [-0.4, -0.2) is 51.4 Å². The number of para-hydroxylation sites is 2. The van der Waals surface area contributed by atoms with E-state index >= 15 is 0 Å². The Bertz CT molecular complexity index is 1660. The van der Waals surface area contributed by atoms with E-state index in [4.69, 9.17) is 4.74 Å². The minimum Gasteiger partial charge on any atom is -0.495 e. The lowest BCUT2D eigenvalue weighted by molar-refractivity contribution is -0.140. The summed E-state index contributed by atoms with van der Waals surface area (Å²) in [7, 11) is -2.85. The molecule has 0 aliphatic carbocycles. The van der Waals surface area contributed by atoms with Gasteiger partial charge < -0.3 is 15.0 Å². The highest BCUT2D eigenvalue weighted by Gasteiger charge is 2.35.